The average Bonchev–Trinajstić information content (AvgIpc) is 2.57. The smallest absolute Gasteiger partial charge is 0.253 e. The molecular formula is C18H24Cl2N2O2. The highest BCUT2D eigenvalue weighted by molar-refractivity contribution is 6.35. The molecule has 1 aliphatic heterocycles. The lowest BCUT2D eigenvalue weighted by Crippen LogP contribution is -2.43. The lowest BCUT2D eigenvalue weighted by atomic mass is 9.95. The molecule has 1 saturated heterocycles. The molecule has 0 N–H and O–H groups in total. The van der Waals surface area contributed by atoms with Crippen LogP contribution in [0.15, 0.2) is 18.2 Å². The van der Waals surface area contributed by atoms with Crippen LogP contribution in [-0.4, -0.2) is 48.3 Å². The van der Waals surface area contributed by atoms with Gasteiger partial charge in [-0.3, -0.25) is 9.59 Å². The van der Waals surface area contributed by atoms with E-state index in [4.69, 9.17) is 23.2 Å². The minimum absolute atomic E-state index is 0.0128. The fourth-order valence-electron chi connectivity index (χ4n) is 3.01. The van der Waals surface area contributed by atoms with Crippen molar-refractivity contribution in [2.75, 3.05) is 26.7 Å². The highest BCUT2D eigenvalue weighted by atomic mass is 35.5. The number of carbonyl (C=O) groups is 2. The van der Waals surface area contributed by atoms with Crippen LogP contribution >= 0.6 is 23.2 Å². The lowest BCUT2D eigenvalue weighted by molar-refractivity contribution is -0.135. The number of carbonyl (C=O) groups excluding carboxylic acids is 2. The van der Waals surface area contributed by atoms with Gasteiger partial charge in [-0.25, -0.2) is 0 Å². The maximum atomic E-state index is 12.6. The predicted octanol–water partition coefficient (Wildman–Crippen LogP) is 4.10. The molecule has 2 rings (SSSR count). The number of benzene rings is 1. The maximum Gasteiger partial charge on any atom is 0.253 e. The van der Waals surface area contributed by atoms with Gasteiger partial charge in [0.2, 0.25) is 5.91 Å². The van der Waals surface area contributed by atoms with E-state index in [9.17, 15) is 9.59 Å². The molecule has 0 radical (unpaired) electrons. The maximum absolute atomic E-state index is 12.6. The van der Waals surface area contributed by atoms with Crippen LogP contribution in [0.25, 0.3) is 0 Å². The molecule has 0 saturated carbocycles. The molecule has 1 aliphatic rings. The third-order valence-electron chi connectivity index (χ3n) is 4.46. The number of halogens is 2. The summed E-state index contributed by atoms with van der Waals surface area (Å²) in [5.74, 6) is 0.129. The number of unbranched alkanes of at least 4 members (excludes halogenated alkanes) is 1. The van der Waals surface area contributed by atoms with Crippen LogP contribution in [0.2, 0.25) is 10.0 Å². The van der Waals surface area contributed by atoms with Crippen molar-refractivity contribution >= 4 is 35.0 Å². The van der Waals surface area contributed by atoms with Crippen LogP contribution in [0.1, 0.15) is 43.0 Å². The van der Waals surface area contributed by atoms with Crippen LogP contribution in [0, 0.1) is 5.92 Å². The summed E-state index contributed by atoms with van der Waals surface area (Å²) in [5.41, 5.74) is 0.498. The Kier molecular flexibility index (Phi) is 6.93. The summed E-state index contributed by atoms with van der Waals surface area (Å²) >= 11 is 11.9. The van der Waals surface area contributed by atoms with Crippen molar-refractivity contribution in [3.8, 4) is 0 Å². The van der Waals surface area contributed by atoms with Crippen molar-refractivity contribution in [1.82, 2.24) is 9.80 Å². The second kappa shape index (κ2) is 8.72. The first-order valence-electron chi connectivity index (χ1n) is 8.42. The van der Waals surface area contributed by atoms with Crippen molar-refractivity contribution in [2.45, 2.75) is 32.6 Å². The Morgan fingerprint density at radius 2 is 1.75 bits per heavy atom. The summed E-state index contributed by atoms with van der Waals surface area (Å²) in [5, 5.41) is 0.905. The molecule has 1 aromatic rings. The summed E-state index contributed by atoms with van der Waals surface area (Å²) in [6, 6.07) is 4.87. The second-order valence-electron chi connectivity index (χ2n) is 6.34. The zero-order valence-corrected chi connectivity index (χ0v) is 15.7. The highest BCUT2D eigenvalue weighted by Gasteiger charge is 2.29. The zero-order chi connectivity index (χ0) is 17.7. The molecule has 0 spiro atoms. The molecule has 0 unspecified atom stereocenters. The van der Waals surface area contributed by atoms with Gasteiger partial charge in [-0.1, -0.05) is 36.5 Å². The van der Waals surface area contributed by atoms with Gasteiger partial charge in [0.25, 0.3) is 5.91 Å². The van der Waals surface area contributed by atoms with Crippen LogP contribution < -0.4 is 0 Å². The molecular weight excluding hydrogens is 347 g/mol. The van der Waals surface area contributed by atoms with Gasteiger partial charge in [-0.05, 0) is 37.5 Å². The van der Waals surface area contributed by atoms with Crippen molar-refractivity contribution in [2.24, 2.45) is 5.92 Å². The number of rotatable bonds is 5. The van der Waals surface area contributed by atoms with Crippen LogP contribution in [0.3, 0.4) is 0 Å². The number of piperidine rings is 1. The minimum atomic E-state index is -0.0790. The second-order valence-corrected chi connectivity index (χ2v) is 7.21. The Labute approximate surface area is 153 Å². The van der Waals surface area contributed by atoms with Crippen molar-refractivity contribution in [3.05, 3.63) is 33.8 Å². The first-order chi connectivity index (χ1) is 11.4. The standard InChI is InChI=1S/C18H24Cl2N2O2/c1-3-4-7-21(2)17(23)13-5-8-22(9-6-13)18(24)14-10-15(19)12-16(20)11-14/h10-13H,3-9H2,1-2H3. The Bertz CT molecular complexity index is 578. The topological polar surface area (TPSA) is 40.6 Å². The van der Waals surface area contributed by atoms with E-state index in [2.05, 4.69) is 6.92 Å². The molecule has 1 heterocycles. The Balaban J connectivity index is 1.92. The van der Waals surface area contributed by atoms with Crippen LogP contribution in [0.5, 0.6) is 0 Å². The van der Waals surface area contributed by atoms with Gasteiger partial charge in [-0.2, -0.15) is 0 Å². The molecule has 4 nitrogen and oxygen atoms in total. The molecule has 0 aromatic heterocycles. The predicted molar refractivity (Wildman–Crippen MR) is 97.6 cm³/mol. The highest BCUT2D eigenvalue weighted by Crippen LogP contribution is 2.24. The molecule has 0 aliphatic carbocycles. The number of likely N-dealkylation sites (tertiary alicyclic amines) is 1. The summed E-state index contributed by atoms with van der Waals surface area (Å²) in [4.78, 5) is 28.6. The van der Waals surface area contributed by atoms with Gasteiger partial charge in [0.05, 0.1) is 0 Å². The van der Waals surface area contributed by atoms with Gasteiger partial charge >= 0.3 is 0 Å². The fourth-order valence-corrected chi connectivity index (χ4v) is 3.53. The molecule has 0 atom stereocenters. The Hall–Kier alpha value is -1.26. The lowest BCUT2D eigenvalue weighted by Gasteiger charge is -2.33. The number of amides is 2. The largest absolute Gasteiger partial charge is 0.346 e. The van der Waals surface area contributed by atoms with Gasteiger partial charge in [0.1, 0.15) is 0 Å². The first-order valence-corrected chi connectivity index (χ1v) is 9.18. The van der Waals surface area contributed by atoms with Crippen molar-refractivity contribution in [1.29, 1.82) is 0 Å². The normalized spacial score (nSPS) is 15.4. The molecule has 24 heavy (non-hydrogen) atoms. The van der Waals surface area contributed by atoms with Crippen molar-refractivity contribution < 1.29 is 9.59 Å². The number of hydrogen-bond acceptors (Lipinski definition) is 2. The third kappa shape index (κ3) is 4.87. The zero-order valence-electron chi connectivity index (χ0n) is 14.2. The number of nitrogens with zero attached hydrogens (tertiary/aromatic N) is 2. The molecule has 0 bridgehead atoms. The monoisotopic (exact) mass is 370 g/mol. The third-order valence-corrected chi connectivity index (χ3v) is 4.90. The minimum Gasteiger partial charge on any atom is -0.346 e. The summed E-state index contributed by atoms with van der Waals surface area (Å²) in [6.45, 7) is 4.09. The van der Waals surface area contributed by atoms with E-state index >= 15 is 0 Å². The van der Waals surface area contributed by atoms with E-state index in [0.29, 0.717) is 41.5 Å². The quantitative estimate of drug-likeness (QED) is 0.782. The van der Waals surface area contributed by atoms with E-state index in [0.717, 1.165) is 19.4 Å². The van der Waals surface area contributed by atoms with Gasteiger partial charge in [0.15, 0.2) is 0 Å². The van der Waals surface area contributed by atoms with Gasteiger partial charge in [0, 0.05) is 48.2 Å². The molecule has 1 fully saturated rings. The molecule has 2 amide bonds. The molecule has 132 valence electrons. The van der Waals surface area contributed by atoms with E-state index in [-0.39, 0.29) is 17.7 Å². The van der Waals surface area contributed by atoms with Gasteiger partial charge < -0.3 is 9.80 Å². The van der Waals surface area contributed by atoms with Crippen molar-refractivity contribution in [3.63, 3.8) is 0 Å². The number of hydrogen-bond donors (Lipinski definition) is 0. The van der Waals surface area contributed by atoms with E-state index in [1.54, 1.807) is 23.1 Å². The van der Waals surface area contributed by atoms with E-state index < -0.39 is 0 Å². The molecule has 6 heteroatoms. The Morgan fingerprint density at radius 3 is 2.29 bits per heavy atom. The fraction of sp³-hybridized carbons (Fsp3) is 0.556. The van der Waals surface area contributed by atoms with E-state index in [1.165, 1.54) is 0 Å². The Morgan fingerprint density at radius 1 is 1.17 bits per heavy atom. The van der Waals surface area contributed by atoms with E-state index in [1.807, 2.05) is 11.9 Å². The summed E-state index contributed by atoms with van der Waals surface area (Å²) in [6.07, 6.45) is 3.51. The van der Waals surface area contributed by atoms with Gasteiger partial charge in [-0.15, -0.1) is 0 Å². The average molecular weight is 371 g/mol. The van der Waals surface area contributed by atoms with Crippen LogP contribution in [-0.2, 0) is 4.79 Å². The summed E-state index contributed by atoms with van der Waals surface area (Å²) < 4.78 is 0. The molecule has 1 aromatic carbocycles. The van der Waals surface area contributed by atoms with Crippen LogP contribution in [0.4, 0.5) is 0 Å². The SMILES string of the molecule is CCCCN(C)C(=O)C1CCN(C(=O)c2cc(Cl)cc(Cl)c2)CC1. The summed E-state index contributed by atoms with van der Waals surface area (Å²) in [7, 11) is 1.86. The first kappa shape index (κ1) is 19.1.